The van der Waals surface area contributed by atoms with Gasteiger partial charge >= 0.3 is 0 Å². The molecule has 198 valence electrons. The fourth-order valence-electron chi connectivity index (χ4n) is 6.74. The summed E-state index contributed by atoms with van der Waals surface area (Å²) in [6, 6.07) is 49.1. The molecule has 0 radical (unpaired) electrons. The zero-order valence-corrected chi connectivity index (χ0v) is 25.5. The van der Waals surface area contributed by atoms with Crippen LogP contribution in [0.15, 0.2) is 133 Å². The summed E-state index contributed by atoms with van der Waals surface area (Å²) < 4.78 is 11.7. The highest BCUT2D eigenvalue weighted by atomic mass is 29.3. The van der Waals surface area contributed by atoms with E-state index in [1.54, 1.807) is 14.2 Å². The molecule has 0 aliphatic heterocycles. The van der Waals surface area contributed by atoms with Crippen molar-refractivity contribution in [1.82, 2.24) is 0 Å². The van der Waals surface area contributed by atoms with Gasteiger partial charge in [0.15, 0.2) is 0 Å². The highest BCUT2D eigenvalue weighted by molar-refractivity contribution is 7.59. The Hall–Kier alpha value is -4.13. The highest BCUT2D eigenvalue weighted by Gasteiger charge is 2.54. The number of hydrogen-bond acceptors (Lipinski definition) is 2. The summed E-state index contributed by atoms with van der Waals surface area (Å²) >= 11 is 0. The lowest BCUT2D eigenvalue weighted by Crippen LogP contribution is -2.83. The van der Waals surface area contributed by atoms with Gasteiger partial charge in [0, 0.05) is 10.8 Å². The van der Waals surface area contributed by atoms with E-state index in [0.717, 1.165) is 11.5 Å². The summed E-state index contributed by atoms with van der Waals surface area (Å²) in [6.45, 7) is 5.21. The molecule has 0 spiro atoms. The van der Waals surface area contributed by atoms with Crippen LogP contribution in [-0.4, -0.2) is 29.4 Å². The summed E-state index contributed by atoms with van der Waals surface area (Å²) in [4.78, 5) is 0. The average Bonchev–Trinajstić information content (AvgIpc) is 3.03. The maximum absolute atomic E-state index is 5.85. The quantitative estimate of drug-likeness (QED) is 0.220. The minimum absolute atomic E-state index is 0.918. The fourth-order valence-corrected chi connectivity index (χ4v) is 22.7. The molecule has 0 N–H and O–H groups in total. The van der Waals surface area contributed by atoms with Crippen molar-refractivity contribution in [2.45, 2.75) is 13.1 Å². The van der Waals surface area contributed by atoms with Gasteiger partial charge in [0.2, 0.25) is 0 Å². The highest BCUT2D eigenvalue weighted by Crippen LogP contribution is 2.32. The molecule has 0 aliphatic carbocycles. The molecule has 0 saturated heterocycles. The van der Waals surface area contributed by atoms with Crippen molar-refractivity contribution in [3.63, 3.8) is 0 Å². The molecule has 2 nitrogen and oxygen atoms in total. The Morgan fingerprint density at radius 2 is 0.700 bits per heavy atom. The predicted octanol–water partition coefficient (Wildman–Crippen LogP) is 6.17. The van der Waals surface area contributed by atoms with Gasteiger partial charge in [-0.15, -0.1) is 0 Å². The summed E-state index contributed by atoms with van der Waals surface area (Å²) in [7, 11) is -1.55. The van der Waals surface area contributed by atoms with Crippen LogP contribution in [0.25, 0.3) is 21.5 Å². The molecule has 0 aliphatic rings. The van der Waals surface area contributed by atoms with E-state index in [1.165, 1.54) is 42.3 Å². The van der Waals surface area contributed by atoms with Crippen LogP contribution in [0.3, 0.4) is 0 Å². The summed E-state index contributed by atoms with van der Waals surface area (Å²) in [5, 5.41) is 10.7. The van der Waals surface area contributed by atoms with Gasteiger partial charge in [0.1, 0.15) is 26.7 Å². The molecule has 0 fully saturated rings. The van der Waals surface area contributed by atoms with Crippen LogP contribution < -0.4 is 30.2 Å². The molecule has 6 aromatic carbocycles. The SMILES string of the molecule is COc1ccc([Si@@](C)(c2ccccc2)[Si@](C)(c2ccccc2)c2ccc(OC)c3ccccc23)c2ccccc12. The molecular weight excluding hydrogens is 521 g/mol. The van der Waals surface area contributed by atoms with E-state index >= 15 is 0 Å². The Morgan fingerprint density at radius 3 is 1.05 bits per heavy atom. The first-order valence-corrected chi connectivity index (χ1v) is 19.8. The number of rotatable bonds is 7. The van der Waals surface area contributed by atoms with E-state index in [1.807, 2.05) is 0 Å². The van der Waals surface area contributed by atoms with Crippen LogP contribution in [0.1, 0.15) is 0 Å². The molecule has 6 aromatic rings. The van der Waals surface area contributed by atoms with Crippen LogP contribution in [-0.2, 0) is 0 Å². The standard InChI is InChI=1S/C36H34O2Si2/c1-37-33-23-25-35(31-21-13-11-19-29(31)33)39(3,27-15-7-5-8-16-27)40(4,28-17-9-6-10-18-28)36-26-24-34(38-2)30-20-12-14-22-32(30)36/h5-26H,1-4H3/t39-,40-/m1/s1. The number of ether oxygens (including phenoxy) is 2. The lowest BCUT2D eigenvalue weighted by molar-refractivity contribution is 0.420. The molecular formula is C36H34O2Si2. The predicted molar refractivity (Wildman–Crippen MR) is 176 cm³/mol. The molecule has 0 amide bonds. The van der Waals surface area contributed by atoms with Crippen molar-refractivity contribution in [3.05, 3.63) is 133 Å². The van der Waals surface area contributed by atoms with Crippen LogP contribution >= 0.6 is 0 Å². The summed E-state index contributed by atoms with van der Waals surface area (Å²) in [6.07, 6.45) is 0. The van der Waals surface area contributed by atoms with Gasteiger partial charge in [-0.2, -0.15) is 0 Å². The fraction of sp³-hybridized carbons (Fsp3) is 0.111. The molecule has 0 bridgehead atoms. The van der Waals surface area contributed by atoms with Gasteiger partial charge in [-0.1, -0.05) is 145 Å². The third-order valence-electron chi connectivity index (χ3n) is 8.99. The van der Waals surface area contributed by atoms with Crippen molar-refractivity contribution in [2.75, 3.05) is 14.2 Å². The van der Waals surface area contributed by atoms with E-state index in [-0.39, 0.29) is 0 Å². The van der Waals surface area contributed by atoms with Crippen molar-refractivity contribution in [1.29, 1.82) is 0 Å². The van der Waals surface area contributed by atoms with Gasteiger partial charge in [0.25, 0.3) is 0 Å². The largest absolute Gasteiger partial charge is 0.496 e. The monoisotopic (exact) mass is 554 g/mol. The van der Waals surface area contributed by atoms with Crippen molar-refractivity contribution in [3.8, 4) is 11.5 Å². The minimum atomic E-state index is -2.54. The van der Waals surface area contributed by atoms with E-state index in [2.05, 4.69) is 147 Å². The molecule has 40 heavy (non-hydrogen) atoms. The van der Waals surface area contributed by atoms with Gasteiger partial charge in [-0.25, -0.2) is 0 Å². The second-order valence-electron chi connectivity index (χ2n) is 10.7. The van der Waals surface area contributed by atoms with Crippen LogP contribution in [0, 0.1) is 0 Å². The van der Waals surface area contributed by atoms with Crippen LogP contribution in [0.5, 0.6) is 11.5 Å². The topological polar surface area (TPSA) is 18.5 Å². The maximum atomic E-state index is 5.85. The van der Waals surface area contributed by atoms with E-state index in [9.17, 15) is 0 Å². The number of fused-ring (bicyclic) bond motifs is 2. The molecule has 0 aromatic heterocycles. The first kappa shape index (κ1) is 26.1. The van der Waals surface area contributed by atoms with Crippen molar-refractivity contribution >= 4 is 57.5 Å². The Morgan fingerprint density at radius 1 is 0.375 bits per heavy atom. The lowest BCUT2D eigenvalue weighted by Gasteiger charge is -2.46. The Bertz CT molecular complexity index is 1670. The van der Waals surface area contributed by atoms with Crippen LogP contribution in [0.2, 0.25) is 13.1 Å². The average molecular weight is 555 g/mol. The number of methoxy groups -OCH3 is 2. The molecule has 6 rings (SSSR count). The van der Waals surface area contributed by atoms with E-state index in [0.29, 0.717) is 0 Å². The molecule has 0 unspecified atom stereocenters. The second kappa shape index (κ2) is 10.5. The number of benzene rings is 6. The second-order valence-corrected chi connectivity index (χ2v) is 23.4. The molecule has 0 saturated carbocycles. The van der Waals surface area contributed by atoms with Gasteiger partial charge in [0.05, 0.1) is 14.2 Å². The van der Waals surface area contributed by atoms with Gasteiger partial charge < -0.3 is 9.47 Å². The first-order chi connectivity index (χ1) is 19.5. The van der Waals surface area contributed by atoms with Gasteiger partial charge in [-0.05, 0) is 33.3 Å². The zero-order valence-electron chi connectivity index (χ0n) is 23.5. The summed E-state index contributed by atoms with van der Waals surface area (Å²) in [5.41, 5.74) is 0. The lowest BCUT2D eigenvalue weighted by atomic mass is 10.1. The van der Waals surface area contributed by atoms with E-state index in [4.69, 9.17) is 9.47 Å². The maximum Gasteiger partial charge on any atom is 0.126 e. The molecule has 2 atom stereocenters. The zero-order chi connectivity index (χ0) is 27.7. The van der Waals surface area contributed by atoms with E-state index < -0.39 is 15.2 Å². The first-order valence-electron chi connectivity index (χ1n) is 13.8. The smallest absolute Gasteiger partial charge is 0.126 e. The van der Waals surface area contributed by atoms with Gasteiger partial charge in [-0.3, -0.25) is 0 Å². The summed E-state index contributed by atoms with van der Waals surface area (Å²) in [5.74, 6) is 1.84. The number of hydrogen-bond donors (Lipinski definition) is 0. The Kier molecular flexibility index (Phi) is 6.82. The third-order valence-corrected chi connectivity index (χ3v) is 26.3. The molecule has 0 heterocycles. The Balaban J connectivity index is 1.81. The van der Waals surface area contributed by atoms with Crippen LogP contribution in [0.4, 0.5) is 0 Å². The normalized spacial score (nSPS) is 14.4. The van der Waals surface area contributed by atoms with Crippen molar-refractivity contribution < 1.29 is 9.47 Å². The molecule has 4 heteroatoms. The third kappa shape index (κ3) is 3.90. The van der Waals surface area contributed by atoms with Crippen molar-refractivity contribution in [2.24, 2.45) is 0 Å². The minimum Gasteiger partial charge on any atom is -0.496 e. The Labute approximate surface area is 238 Å².